The minimum Gasteiger partial charge on any atom is -0.320 e. The quantitative estimate of drug-likeness (QED) is 0.503. The number of nitrogens with one attached hydrogen (secondary N) is 1. The summed E-state index contributed by atoms with van der Waals surface area (Å²) in [4.78, 5) is 31.6. The van der Waals surface area contributed by atoms with Gasteiger partial charge in [0.25, 0.3) is 11.5 Å². The van der Waals surface area contributed by atoms with E-state index in [9.17, 15) is 9.59 Å². The number of aromatic nitrogens is 2. The van der Waals surface area contributed by atoms with Gasteiger partial charge >= 0.3 is 0 Å². The molecule has 3 heterocycles. The van der Waals surface area contributed by atoms with Gasteiger partial charge in [0.15, 0.2) is 0 Å². The number of carbonyl (C=O) groups excluding carboxylic acids is 1. The van der Waals surface area contributed by atoms with Crippen molar-refractivity contribution >= 4 is 68.0 Å². The van der Waals surface area contributed by atoms with Gasteiger partial charge in [-0.25, -0.2) is 4.98 Å². The number of halogens is 3. The van der Waals surface area contributed by atoms with Crippen LogP contribution in [0.5, 0.6) is 0 Å². The van der Waals surface area contributed by atoms with Crippen LogP contribution in [0.4, 0.5) is 5.69 Å². The number of anilines is 1. The molecule has 0 saturated heterocycles. The van der Waals surface area contributed by atoms with Gasteiger partial charge in [0.05, 0.1) is 31.0 Å². The monoisotopic (exact) mass is 455 g/mol. The van der Waals surface area contributed by atoms with Crippen LogP contribution < -0.4 is 10.9 Å². The highest BCUT2D eigenvalue weighted by Gasteiger charge is 2.23. The Morgan fingerprint density at radius 2 is 1.89 bits per heavy atom. The summed E-state index contributed by atoms with van der Waals surface area (Å²) in [6.07, 6.45) is 3.86. The molecule has 146 valence electrons. The second-order valence-corrected chi connectivity index (χ2v) is 8.95. The lowest BCUT2D eigenvalue weighted by Gasteiger charge is -2.08. The Kier molecular flexibility index (Phi) is 5.40. The van der Waals surface area contributed by atoms with Crippen LogP contribution in [0.3, 0.4) is 0 Å². The predicted octanol–water partition coefficient (Wildman–Crippen LogP) is 5.71. The first-order chi connectivity index (χ1) is 13.4. The molecule has 1 aliphatic heterocycles. The predicted molar refractivity (Wildman–Crippen MR) is 116 cm³/mol. The average Bonchev–Trinajstić information content (AvgIpc) is 2.82. The summed E-state index contributed by atoms with van der Waals surface area (Å²) in [7, 11) is 0. The van der Waals surface area contributed by atoms with E-state index in [-0.39, 0.29) is 21.5 Å². The minimum absolute atomic E-state index is 0.0673. The molecule has 28 heavy (non-hydrogen) atoms. The molecular formula is C19H16Cl3N3O2S. The Morgan fingerprint density at radius 1 is 1.14 bits per heavy atom. The molecule has 5 nitrogen and oxygen atoms in total. The van der Waals surface area contributed by atoms with E-state index < -0.39 is 0 Å². The van der Waals surface area contributed by atoms with E-state index in [0.29, 0.717) is 37.9 Å². The number of hydrogen-bond acceptors (Lipinski definition) is 4. The molecule has 0 radical (unpaired) electrons. The Morgan fingerprint density at radius 3 is 2.68 bits per heavy atom. The standard InChI is InChI=1S/C19H16Cl3N3O2S/c1-9-15-18(24-14-5-3-2-4-6-25(14)19(15)27)28-16(9)17(26)23-13-8-11(21)10(20)7-12(13)22/h7-8H,2-6H2,1H3,(H,23,26). The van der Waals surface area contributed by atoms with Crippen molar-refractivity contribution in [1.29, 1.82) is 0 Å². The number of nitrogens with zero attached hydrogens (tertiary/aromatic N) is 2. The van der Waals surface area contributed by atoms with Crippen molar-refractivity contribution in [3.05, 3.63) is 53.8 Å². The Labute approximate surface area is 180 Å². The van der Waals surface area contributed by atoms with Gasteiger partial charge in [-0.1, -0.05) is 41.2 Å². The molecule has 1 aromatic carbocycles. The van der Waals surface area contributed by atoms with Gasteiger partial charge in [-0.2, -0.15) is 0 Å². The maximum atomic E-state index is 13.0. The van der Waals surface area contributed by atoms with Gasteiger partial charge in [0.1, 0.15) is 10.7 Å². The summed E-state index contributed by atoms with van der Waals surface area (Å²) in [6, 6.07) is 2.98. The molecule has 1 amide bonds. The molecule has 0 fully saturated rings. The first-order valence-corrected chi connectivity index (χ1v) is 10.8. The van der Waals surface area contributed by atoms with E-state index in [1.54, 1.807) is 11.5 Å². The summed E-state index contributed by atoms with van der Waals surface area (Å²) in [5, 5.41) is 4.15. The van der Waals surface area contributed by atoms with Crippen LogP contribution in [0.25, 0.3) is 10.2 Å². The van der Waals surface area contributed by atoms with Crippen LogP contribution >= 0.6 is 46.1 Å². The number of amides is 1. The van der Waals surface area contributed by atoms with E-state index in [4.69, 9.17) is 34.8 Å². The zero-order chi connectivity index (χ0) is 20.0. The van der Waals surface area contributed by atoms with Crippen molar-refractivity contribution in [2.45, 2.75) is 39.2 Å². The molecule has 1 N–H and O–H groups in total. The summed E-state index contributed by atoms with van der Waals surface area (Å²) in [6.45, 7) is 2.45. The highest BCUT2D eigenvalue weighted by molar-refractivity contribution is 7.20. The number of rotatable bonds is 2. The number of fused-ring (bicyclic) bond motifs is 2. The lowest BCUT2D eigenvalue weighted by molar-refractivity contribution is 0.103. The third-order valence-electron chi connectivity index (χ3n) is 4.88. The molecule has 0 unspecified atom stereocenters. The van der Waals surface area contributed by atoms with Crippen LogP contribution in [-0.2, 0) is 13.0 Å². The molecule has 3 aromatic rings. The molecule has 1 aliphatic rings. The van der Waals surface area contributed by atoms with Gasteiger partial charge in [-0.3, -0.25) is 14.2 Å². The fourth-order valence-electron chi connectivity index (χ4n) is 3.42. The van der Waals surface area contributed by atoms with Crippen molar-refractivity contribution in [2.24, 2.45) is 0 Å². The van der Waals surface area contributed by atoms with Crippen LogP contribution in [0.15, 0.2) is 16.9 Å². The normalized spacial score (nSPS) is 14.0. The zero-order valence-electron chi connectivity index (χ0n) is 14.9. The van der Waals surface area contributed by atoms with Crippen molar-refractivity contribution in [3.8, 4) is 0 Å². The Bertz CT molecular complexity index is 1170. The van der Waals surface area contributed by atoms with Gasteiger partial charge < -0.3 is 5.32 Å². The maximum absolute atomic E-state index is 13.0. The third kappa shape index (κ3) is 3.43. The number of thiophene rings is 1. The molecule has 0 aliphatic carbocycles. The molecule has 0 saturated carbocycles. The summed E-state index contributed by atoms with van der Waals surface area (Å²) in [5.41, 5.74) is 0.923. The van der Waals surface area contributed by atoms with Crippen molar-refractivity contribution < 1.29 is 4.79 Å². The van der Waals surface area contributed by atoms with Crippen LogP contribution in [-0.4, -0.2) is 15.5 Å². The SMILES string of the molecule is Cc1c(C(=O)Nc2cc(Cl)c(Cl)cc2Cl)sc2nc3n(c(=O)c12)CCCCC3. The van der Waals surface area contributed by atoms with Gasteiger partial charge in [0, 0.05) is 13.0 Å². The lowest BCUT2D eigenvalue weighted by atomic mass is 10.2. The van der Waals surface area contributed by atoms with Crippen molar-refractivity contribution in [2.75, 3.05) is 5.32 Å². The van der Waals surface area contributed by atoms with Crippen molar-refractivity contribution in [3.63, 3.8) is 0 Å². The molecule has 0 bridgehead atoms. The Hall–Kier alpha value is -1.60. The fraction of sp³-hybridized carbons (Fsp3) is 0.316. The molecular weight excluding hydrogens is 441 g/mol. The number of carbonyl (C=O) groups is 1. The van der Waals surface area contributed by atoms with Gasteiger partial charge in [0.2, 0.25) is 0 Å². The first kappa shape index (κ1) is 19.7. The smallest absolute Gasteiger partial charge is 0.266 e. The van der Waals surface area contributed by atoms with E-state index in [2.05, 4.69) is 10.3 Å². The average molecular weight is 457 g/mol. The summed E-state index contributed by atoms with van der Waals surface area (Å²) in [5.74, 6) is 0.441. The summed E-state index contributed by atoms with van der Waals surface area (Å²) < 4.78 is 1.76. The second kappa shape index (κ2) is 7.67. The van der Waals surface area contributed by atoms with Crippen LogP contribution in [0.2, 0.25) is 15.1 Å². The van der Waals surface area contributed by atoms with E-state index in [1.807, 2.05) is 0 Å². The number of aryl methyl sites for hydroxylation is 2. The van der Waals surface area contributed by atoms with Gasteiger partial charge in [-0.05, 0) is 37.5 Å². The Balaban J connectivity index is 1.76. The largest absolute Gasteiger partial charge is 0.320 e. The fourth-order valence-corrected chi connectivity index (χ4v) is 5.10. The first-order valence-electron chi connectivity index (χ1n) is 8.85. The number of hydrogen-bond donors (Lipinski definition) is 1. The maximum Gasteiger partial charge on any atom is 0.266 e. The highest BCUT2D eigenvalue weighted by Crippen LogP contribution is 2.34. The topological polar surface area (TPSA) is 64.0 Å². The van der Waals surface area contributed by atoms with E-state index in [0.717, 1.165) is 31.5 Å². The molecule has 0 spiro atoms. The van der Waals surface area contributed by atoms with Crippen molar-refractivity contribution in [1.82, 2.24) is 9.55 Å². The molecule has 2 aromatic heterocycles. The lowest BCUT2D eigenvalue weighted by Crippen LogP contribution is -2.24. The molecule has 0 atom stereocenters. The second-order valence-electron chi connectivity index (χ2n) is 6.73. The zero-order valence-corrected chi connectivity index (χ0v) is 18.0. The molecule has 4 rings (SSSR count). The highest BCUT2D eigenvalue weighted by atomic mass is 35.5. The minimum atomic E-state index is -0.361. The van der Waals surface area contributed by atoms with Crippen LogP contribution in [0.1, 0.15) is 40.3 Å². The van der Waals surface area contributed by atoms with Gasteiger partial charge in [-0.15, -0.1) is 11.3 Å². The van der Waals surface area contributed by atoms with E-state index in [1.165, 1.54) is 23.5 Å². The third-order valence-corrected chi connectivity index (χ3v) is 7.10. The van der Waals surface area contributed by atoms with E-state index >= 15 is 0 Å². The number of benzene rings is 1. The molecule has 9 heteroatoms. The van der Waals surface area contributed by atoms with Crippen LogP contribution in [0, 0.1) is 6.92 Å². The summed E-state index contributed by atoms with van der Waals surface area (Å²) >= 11 is 19.3.